The third-order valence-corrected chi connectivity index (χ3v) is 3.27. The van der Waals surface area contributed by atoms with Gasteiger partial charge in [0, 0.05) is 19.6 Å². The van der Waals surface area contributed by atoms with E-state index in [2.05, 4.69) is 43.2 Å². The molecule has 1 rings (SSSR count). The van der Waals surface area contributed by atoms with Gasteiger partial charge in [-0.15, -0.1) is 0 Å². The molecule has 0 aromatic carbocycles. The topological polar surface area (TPSA) is 60.2 Å². The van der Waals surface area contributed by atoms with Gasteiger partial charge in [0.1, 0.15) is 0 Å². The van der Waals surface area contributed by atoms with Crippen LogP contribution < -0.4 is 5.32 Å². The van der Waals surface area contributed by atoms with E-state index in [1.165, 1.54) is 0 Å². The number of nitrogens with zero attached hydrogens (tertiary/aromatic N) is 2. The molecule has 0 saturated carbocycles. The first-order valence-electron chi connectivity index (χ1n) is 7.14. The van der Waals surface area contributed by atoms with Crippen LogP contribution in [-0.2, 0) is 11.2 Å². The monoisotopic (exact) mass is 269 g/mol. The minimum atomic E-state index is 0.246. The molecule has 110 valence electrons. The van der Waals surface area contributed by atoms with Crippen molar-refractivity contribution in [1.29, 1.82) is 0 Å². The van der Waals surface area contributed by atoms with E-state index in [-0.39, 0.29) is 5.92 Å². The van der Waals surface area contributed by atoms with E-state index in [0.717, 1.165) is 24.7 Å². The normalized spacial score (nSPS) is 14.8. The minimum Gasteiger partial charge on any atom is -0.384 e. The van der Waals surface area contributed by atoms with Crippen LogP contribution in [0.3, 0.4) is 0 Å². The van der Waals surface area contributed by atoms with Gasteiger partial charge in [-0.3, -0.25) is 0 Å². The van der Waals surface area contributed by atoms with Crippen molar-refractivity contribution in [2.24, 2.45) is 5.92 Å². The number of ether oxygens (including phenoxy) is 1. The highest BCUT2D eigenvalue weighted by Gasteiger charge is 2.27. The third-order valence-electron chi connectivity index (χ3n) is 3.27. The molecule has 0 amide bonds. The van der Waals surface area contributed by atoms with Crippen molar-refractivity contribution < 1.29 is 9.26 Å². The number of aromatic nitrogens is 2. The molecule has 0 aliphatic carbocycles. The third kappa shape index (κ3) is 4.91. The number of nitrogens with one attached hydrogen (secondary N) is 1. The molecule has 1 aromatic heterocycles. The van der Waals surface area contributed by atoms with Crippen molar-refractivity contribution in [2.75, 3.05) is 20.3 Å². The minimum absolute atomic E-state index is 0.246. The summed E-state index contributed by atoms with van der Waals surface area (Å²) in [5.74, 6) is 2.16. The summed E-state index contributed by atoms with van der Waals surface area (Å²) in [6.45, 7) is 10.4. The van der Waals surface area contributed by atoms with Crippen LogP contribution in [0.2, 0.25) is 0 Å². The summed E-state index contributed by atoms with van der Waals surface area (Å²) in [7, 11) is 1.68. The summed E-state index contributed by atoms with van der Waals surface area (Å²) in [4.78, 5) is 4.50. The average Bonchev–Trinajstić information content (AvgIpc) is 2.82. The quantitative estimate of drug-likeness (QED) is 0.746. The van der Waals surface area contributed by atoms with Crippen LogP contribution >= 0.6 is 0 Å². The van der Waals surface area contributed by atoms with E-state index in [9.17, 15) is 0 Å². The lowest BCUT2D eigenvalue weighted by Gasteiger charge is -2.24. The fourth-order valence-corrected chi connectivity index (χ4v) is 2.27. The molecule has 2 atom stereocenters. The lowest BCUT2D eigenvalue weighted by Crippen LogP contribution is -2.35. The van der Waals surface area contributed by atoms with E-state index in [0.29, 0.717) is 25.0 Å². The Morgan fingerprint density at radius 1 is 1.32 bits per heavy atom. The van der Waals surface area contributed by atoms with E-state index < -0.39 is 0 Å². The maximum absolute atomic E-state index is 5.43. The number of methoxy groups -OCH3 is 1. The van der Waals surface area contributed by atoms with Gasteiger partial charge in [-0.25, -0.2) is 0 Å². The summed E-state index contributed by atoms with van der Waals surface area (Å²) in [5, 5.41) is 7.54. The van der Waals surface area contributed by atoms with Crippen LogP contribution in [-0.4, -0.2) is 36.4 Å². The summed E-state index contributed by atoms with van der Waals surface area (Å²) >= 11 is 0. The van der Waals surface area contributed by atoms with Crippen molar-refractivity contribution in [3.8, 4) is 0 Å². The van der Waals surface area contributed by atoms with Crippen molar-refractivity contribution in [3.63, 3.8) is 0 Å². The predicted octanol–water partition coefficient (Wildman–Crippen LogP) is 2.39. The van der Waals surface area contributed by atoms with E-state index in [1.807, 2.05) is 0 Å². The first-order chi connectivity index (χ1) is 9.10. The Kier molecular flexibility index (Phi) is 7.02. The van der Waals surface area contributed by atoms with Crippen molar-refractivity contribution in [3.05, 3.63) is 11.7 Å². The number of hydrogen-bond donors (Lipinski definition) is 1. The largest absolute Gasteiger partial charge is 0.384 e. The zero-order chi connectivity index (χ0) is 14.3. The highest BCUT2D eigenvalue weighted by Crippen LogP contribution is 2.26. The number of hydrogen-bond acceptors (Lipinski definition) is 5. The first-order valence-corrected chi connectivity index (χ1v) is 7.14. The van der Waals surface area contributed by atoms with Crippen molar-refractivity contribution in [2.45, 2.75) is 52.5 Å². The van der Waals surface area contributed by atoms with Crippen LogP contribution in [0.15, 0.2) is 4.52 Å². The van der Waals surface area contributed by atoms with E-state index in [4.69, 9.17) is 9.26 Å². The lowest BCUT2D eigenvalue weighted by molar-refractivity contribution is 0.199. The number of rotatable bonds is 9. The van der Waals surface area contributed by atoms with Crippen LogP contribution in [0.1, 0.15) is 51.7 Å². The molecule has 0 bridgehead atoms. The Balaban J connectivity index is 2.72. The molecule has 1 heterocycles. The summed E-state index contributed by atoms with van der Waals surface area (Å²) in [5.41, 5.74) is 0. The first kappa shape index (κ1) is 16.1. The molecule has 0 radical (unpaired) electrons. The van der Waals surface area contributed by atoms with Gasteiger partial charge in [0.15, 0.2) is 5.82 Å². The average molecular weight is 269 g/mol. The van der Waals surface area contributed by atoms with Crippen LogP contribution in [0.4, 0.5) is 0 Å². The second-order valence-electron chi connectivity index (χ2n) is 5.30. The molecule has 1 N–H and O–H groups in total. The fourth-order valence-electron chi connectivity index (χ4n) is 2.27. The Hall–Kier alpha value is -0.940. The van der Waals surface area contributed by atoms with Gasteiger partial charge in [0.25, 0.3) is 0 Å². The SMILES string of the molecule is CCCNC(C)C(c1nc(CCOC)no1)C(C)C. The fraction of sp³-hybridized carbons (Fsp3) is 0.857. The highest BCUT2D eigenvalue weighted by atomic mass is 16.5. The summed E-state index contributed by atoms with van der Waals surface area (Å²) in [6.07, 6.45) is 1.82. The molecule has 0 aliphatic heterocycles. The van der Waals surface area contributed by atoms with Crippen molar-refractivity contribution in [1.82, 2.24) is 15.5 Å². The van der Waals surface area contributed by atoms with Gasteiger partial charge in [0.05, 0.1) is 12.5 Å². The highest BCUT2D eigenvalue weighted by molar-refractivity contribution is 5.00. The molecular weight excluding hydrogens is 242 g/mol. The second kappa shape index (κ2) is 8.27. The standard InChI is InChI=1S/C14H27N3O2/c1-6-8-15-11(4)13(10(2)3)14-16-12(17-19-14)7-9-18-5/h10-11,13,15H,6-9H2,1-5H3. The molecule has 5 nitrogen and oxygen atoms in total. The Morgan fingerprint density at radius 2 is 2.05 bits per heavy atom. The van der Waals surface area contributed by atoms with Crippen LogP contribution in [0, 0.1) is 5.92 Å². The molecule has 1 aromatic rings. The maximum Gasteiger partial charge on any atom is 0.231 e. The molecule has 19 heavy (non-hydrogen) atoms. The van der Waals surface area contributed by atoms with Crippen molar-refractivity contribution >= 4 is 0 Å². The Bertz CT molecular complexity index is 352. The van der Waals surface area contributed by atoms with Crippen LogP contribution in [0.5, 0.6) is 0 Å². The predicted molar refractivity (Wildman–Crippen MR) is 75.2 cm³/mol. The lowest BCUT2D eigenvalue weighted by atomic mass is 9.89. The van der Waals surface area contributed by atoms with Gasteiger partial charge >= 0.3 is 0 Å². The molecule has 0 spiro atoms. The zero-order valence-electron chi connectivity index (χ0n) is 12.8. The molecule has 0 saturated heterocycles. The van der Waals surface area contributed by atoms with Gasteiger partial charge in [-0.2, -0.15) is 4.98 Å². The summed E-state index contributed by atoms with van der Waals surface area (Å²) < 4.78 is 10.5. The molecular formula is C14H27N3O2. The van der Waals surface area contributed by atoms with Crippen LogP contribution in [0.25, 0.3) is 0 Å². The van der Waals surface area contributed by atoms with Gasteiger partial charge in [0.2, 0.25) is 5.89 Å². The Morgan fingerprint density at radius 3 is 2.63 bits per heavy atom. The maximum atomic E-state index is 5.43. The van der Waals surface area contributed by atoms with Gasteiger partial charge in [-0.05, 0) is 25.8 Å². The Labute approximate surface area is 116 Å². The smallest absolute Gasteiger partial charge is 0.231 e. The van der Waals surface area contributed by atoms with E-state index in [1.54, 1.807) is 7.11 Å². The van der Waals surface area contributed by atoms with E-state index >= 15 is 0 Å². The molecule has 2 unspecified atom stereocenters. The zero-order valence-corrected chi connectivity index (χ0v) is 12.8. The molecule has 5 heteroatoms. The van der Waals surface area contributed by atoms with Gasteiger partial charge in [-0.1, -0.05) is 25.9 Å². The molecule has 0 aliphatic rings. The second-order valence-corrected chi connectivity index (χ2v) is 5.30. The summed E-state index contributed by atoms with van der Waals surface area (Å²) in [6, 6.07) is 0.329. The molecule has 0 fully saturated rings. The van der Waals surface area contributed by atoms with Gasteiger partial charge < -0.3 is 14.6 Å².